The van der Waals surface area contributed by atoms with Crippen LogP contribution < -0.4 is 4.52 Å². The third kappa shape index (κ3) is 6.00. The molecule has 0 heterocycles. The molecule has 0 N–H and O–H groups in total. The molecule has 0 saturated carbocycles. The lowest BCUT2D eigenvalue weighted by molar-refractivity contribution is -0.384. The SMILES string of the molecule is CP(=S)(OCC(F)(F)F)Oc1ccc([N+](=O)[O-])cc1. The molecule has 0 amide bonds. The average molecular weight is 315 g/mol. The van der Waals surface area contributed by atoms with Crippen LogP contribution >= 0.6 is 6.49 Å². The van der Waals surface area contributed by atoms with Crippen molar-refractivity contribution >= 4 is 24.0 Å². The van der Waals surface area contributed by atoms with Crippen LogP contribution in [0, 0.1) is 10.1 Å². The van der Waals surface area contributed by atoms with Gasteiger partial charge in [0.15, 0.2) is 6.61 Å². The van der Waals surface area contributed by atoms with Crippen molar-refractivity contribution in [3.63, 3.8) is 0 Å². The maximum atomic E-state index is 12.0. The number of rotatable bonds is 5. The molecular weight excluding hydrogens is 306 g/mol. The van der Waals surface area contributed by atoms with Crippen LogP contribution in [0.5, 0.6) is 5.75 Å². The first kappa shape index (κ1) is 15.9. The van der Waals surface area contributed by atoms with E-state index in [1.54, 1.807) is 0 Å². The van der Waals surface area contributed by atoms with E-state index in [-0.39, 0.29) is 11.4 Å². The number of hydrogen-bond donors (Lipinski definition) is 0. The standard InChI is InChI=1S/C9H9F3NO4PS/c1-18(19,16-6-9(10,11)12)17-8-4-2-7(3-5-8)13(14)15/h2-5H,6H2,1H3. The van der Waals surface area contributed by atoms with E-state index >= 15 is 0 Å². The number of halogens is 3. The van der Waals surface area contributed by atoms with Crippen LogP contribution in [-0.2, 0) is 16.3 Å². The lowest BCUT2D eigenvalue weighted by atomic mass is 10.3. The van der Waals surface area contributed by atoms with Gasteiger partial charge in [0.1, 0.15) is 5.75 Å². The molecule has 0 saturated heterocycles. The summed E-state index contributed by atoms with van der Waals surface area (Å²) in [6.45, 7) is -3.35. The number of non-ortho nitro benzene ring substituents is 1. The Bertz CT molecular complexity index is 505. The monoisotopic (exact) mass is 315 g/mol. The summed E-state index contributed by atoms with van der Waals surface area (Å²) in [5.41, 5.74) is -0.159. The predicted molar refractivity (Wildman–Crippen MR) is 65.9 cm³/mol. The molecule has 0 aliphatic heterocycles. The summed E-state index contributed by atoms with van der Waals surface area (Å²) in [6.07, 6.45) is -4.49. The molecule has 19 heavy (non-hydrogen) atoms. The minimum Gasteiger partial charge on any atom is -0.444 e. The molecular formula is C9H9F3NO4PS. The van der Waals surface area contributed by atoms with Crippen molar-refractivity contribution in [2.75, 3.05) is 13.3 Å². The van der Waals surface area contributed by atoms with Gasteiger partial charge in [-0.1, -0.05) is 0 Å². The van der Waals surface area contributed by atoms with E-state index in [2.05, 4.69) is 4.52 Å². The number of nitro groups is 1. The summed E-state index contributed by atoms with van der Waals surface area (Å²) >= 11 is 4.81. The molecule has 5 nitrogen and oxygen atoms in total. The van der Waals surface area contributed by atoms with E-state index < -0.39 is 24.2 Å². The second-order valence-corrected chi connectivity index (χ2v) is 7.48. The highest BCUT2D eigenvalue weighted by Gasteiger charge is 2.31. The van der Waals surface area contributed by atoms with Crippen molar-refractivity contribution in [1.82, 2.24) is 0 Å². The van der Waals surface area contributed by atoms with Crippen LogP contribution in [0.25, 0.3) is 0 Å². The van der Waals surface area contributed by atoms with E-state index in [9.17, 15) is 23.3 Å². The second-order valence-electron chi connectivity index (χ2n) is 3.50. The van der Waals surface area contributed by atoms with E-state index in [1.165, 1.54) is 18.8 Å². The molecule has 0 aromatic heterocycles. The van der Waals surface area contributed by atoms with Crippen LogP contribution in [0.1, 0.15) is 0 Å². The van der Waals surface area contributed by atoms with Crippen molar-refractivity contribution in [1.29, 1.82) is 0 Å². The lowest BCUT2D eigenvalue weighted by Gasteiger charge is -2.19. The van der Waals surface area contributed by atoms with Gasteiger partial charge in [0, 0.05) is 18.8 Å². The normalized spacial score (nSPS) is 14.7. The Balaban J connectivity index is 2.67. The van der Waals surface area contributed by atoms with Gasteiger partial charge in [0.2, 0.25) is 6.49 Å². The fourth-order valence-corrected chi connectivity index (χ4v) is 2.39. The van der Waals surface area contributed by atoms with E-state index in [0.717, 1.165) is 12.1 Å². The largest absolute Gasteiger partial charge is 0.444 e. The molecule has 0 fully saturated rings. The first-order valence-electron chi connectivity index (χ1n) is 4.82. The molecule has 1 unspecified atom stereocenters. The molecule has 0 radical (unpaired) electrons. The minimum absolute atomic E-state index is 0.124. The van der Waals surface area contributed by atoms with Crippen molar-refractivity contribution < 1.29 is 27.1 Å². The van der Waals surface area contributed by atoms with Crippen LogP contribution in [0.15, 0.2) is 24.3 Å². The molecule has 106 valence electrons. The smallest absolute Gasteiger partial charge is 0.412 e. The molecule has 1 rings (SSSR count). The van der Waals surface area contributed by atoms with Crippen molar-refractivity contribution in [2.45, 2.75) is 6.18 Å². The topological polar surface area (TPSA) is 61.6 Å². The molecule has 10 heteroatoms. The number of nitrogens with zero attached hydrogens (tertiary/aromatic N) is 1. The summed E-state index contributed by atoms with van der Waals surface area (Å²) < 4.78 is 45.6. The van der Waals surface area contributed by atoms with Crippen molar-refractivity contribution in [3.8, 4) is 5.75 Å². The van der Waals surface area contributed by atoms with Gasteiger partial charge < -0.3 is 9.05 Å². The predicted octanol–water partition coefficient (Wildman–Crippen LogP) is 3.49. The van der Waals surface area contributed by atoms with Crippen LogP contribution in [-0.4, -0.2) is 24.4 Å². The van der Waals surface area contributed by atoms with Crippen LogP contribution in [0.4, 0.5) is 18.9 Å². The quantitative estimate of drug-likeness (QED) is 0.473. The Labute approximate surface area is 111 Å². The lowest BCUT2D eigenvalue weighted by Crippen LogP contribution is -2.16. The van der Waals surface area contributed by atoms with Gasteiger partial charge in [-0.15, -0.1) is 0 Å². The third-order valence-electron chi connectivity index (χ3n) is 1.78. The average Bonchev–Trinajstić information content (AvgIpc) is 2.26. The van der Waals surface area contributed by atoms with Gasteiger partial charge in [-0.2, -0.15) is 13.2 Å². The van der Waals surface area contributed by atoms with Gasteiger partial charge in [0.25, 0.3) is 5.69 Å². The number of benzene rings is 1. The highest BCUT2D eigenvalue weighted by atomic mass is 32.5. The summed E-state index contributed by atoms with van der Waals surface area (Å²) in [6, 6.07) is 4.82. The van der Waals surface area contributed by atoms with E-state index in [1.807, 2.05) is 0 Å². The van der Waals surface area contributed by atoms with Crippen LogP contribution in [0.2, 0.25) is 0 Å². The van der Waals surface area contributed by atoms with Gasteiger partial charge in [-0.05, 0) is 23.9 Å². The van der Waals surface area contributed by atoms with Gasteiger partial charge in [0.05, 0.1) is 4.92 Å². The van der Waals surface area contributed by atoms with Gasteiger partial charge in [-0.3, -0.25) is 10.1 Å². The Morgan fingerprint density at radius 3 is 2.32 bits per heavy atom. The van der Waals surface area contributed by atoms with E-state index in [0.29, 0.717) is 0 Å². The van der Waals surface area contributed by atoms with Crippen LogP contribution in [0.3, 0.4) is 0 Å². The third-order valence-corrected chi connectivity index (χ3v) is 3.46. The summed E-state index contributed by atoms with van der Waals surface area (Å²) in [5, 5.41) is 10.4. The number of nitro benzene ring substituents is 1. The Morgan fingerprint density at radius 1 is 1.37 bits per heavy atom. The molecule has 0 aliphatic rings. The van der Waals surface area contributed by atoms with Gasteiger partial charge in [-0.25, -0.2) is 0 Å². The van der Waals surface area contributed by atoms with E-state index in [4.69, 9.17) is 16.3 Å². The molecule has 1 aromatic rings. The maximum absolute atomic E-state index is 12.0. The highest BCUT2D eigenvalue weighted by Crippen LogP contribution is 2.46. The summed E-state index contributed by atoms with van der Waals surface area (Å²) in [5.74, 6) is 0.124. The second kappa shape index (κ2) is 5.85. The first-order valence-corrected chi connectivity index (χ1v) is 7.90. The maximum Gasteiger partial charge on any atom is 0.412 e. The van der Waals surface area contributed by atoms with Crippen molar-refractivity contribution in [3.05, 3.63) is 34.4 Å². The first-order chi connectivity index (χ1) is 8.59. The Morgan fingerprint density at radius 2 is 1.89 bits per heavy atom. The number of alkyl halides is 3. The zero-order chi connectivity index (χ0) is 14.7. The molecule has 1 atom stereocenters. The summed E-state index contributed by atoms with van der Waals surface area (Å²) in [4.78, 5) is 9.81. The highest BCUT2D eigenvalue weighted by molar-refractivity contribution is 8.09. The molecule has 1 aromatic carbocycles. The fourth-order valence-electron chi connectivity index (χ4n) is 1.04. The summed E-state index contributed by atoms with van der Waals surface area (Å²) in [7, 11) is 0. The fraction of sp³-hybridized carbons (Fsp3) is 0.333. The Hall–Kier alpha value is -1.18. The zero-order valence-electron chi connectivity index (χ0n) is 9.59. The Kier molecular flexibility index (Phi) is 4.89. The molecule has 0 bridgehead atoms. The zero-order valence-corrected chi connectivity index (χ0v) is 11.3. The number of hydrogen-bond acceptors (Lipinski definition) is 5. The minimum atomic E-state index is -4.49. The van der Waals surface area contributed by atoms with Gasteiger partial charge >= 0.3 is 6.18 Å². The molecule has 0 spiro atoms. The van der Waals surface area contributed by atoms with Crippen molar-refractivity contribution in [2.24, 2.45) is 0 Å². The molecule has 0 aliphatic carbocycles.